The van der Waals surface area contributed by atoms with Gasteiger partial charge >= 0.3 is 0 Å². The SMILES string of the molecule is COc1ccc(C(=O)CSc2nnc(-c3ccncc3)n2-c2ccccc2)cc1OC. The number of ketones is 1. The Kier molecular flexibility index (Phi) is 6.28. The molecule has 4 aromatic rings. The van der Waals surface area contributed by atoms with E-state index in [1.54, 1.807) is 44.8 Å². The lowest BCUT2D eigenvalue weighted by molar-refractivity contribution is 0.102. The number of benzene rings is 2. The topological polar surface area (TPSA) is 79.1 Å². The molecule has 8 heteroatoms. The number of rotatable bonds is 8. The minimum absolute atomic E-state index is 0.0426. The summed E-state index contributed by atoms with van der Waals surface area (Å²) in [5.41, 5.74) is 2.36. The number of thioether (sulfide) groups is 1. The molecule has 0 atom stereocenters. The van der Waals surface area contributed by atoms with Gasteiger partial charge in [-0.15, -0.1) is 10.2 Å². The van der Waals surface area contributed by atoms with Crippen molar-refractivity contribution >= 4 is 17.5 Å². The highest BCUT2D eigenvalue weighted by Crippen LogP contribution is 2.30. The predicted molar refractivity (Wildman–Crippen MR) is 119 cm³/mol. The Morgan fingerprint density at radius 3 is 2.39 bits per heavy atom. The average molecular weight is 433 g/mol. The molecule has 2 aromatic heterocycles. The number of pyridine rings is 1. The van der Waals surface area contributed by atoms with Crippen molar-refractivity contribution in [3.63, 3.8) is 0 Å². The van der Waals surface area contributed by atoms with Gasteiger partial charge in [0.05, 0.1) is 20.0 Å². The van der Waals surface area contributed by atoms with E-state index in [-0.39, 0.29) is 11.5 Å². The second-order valence-corrected chi connectivity index (χ2v) is 7.44. The number of carbonyl (C=O) groups excluding carboxylic acids is 1. The molecule has 0 radical (unpaired) electrons. The van der Waals surface area contributed by atoms with Gasteiger partial charge in [0.1, 0.15) is 0 Å². The Labute approximate surface area is 184 Å². The van der Waals surface area contributed by atoms with Crippen LogP contribution in [0.2, 0.25) is 0 Å². The first-order chi connectivity index (χ1) is 15.2. The van der Waals surface area contributed by atoms with Crippen molar-refractivity contribution in [2.24, 2.45) is 0 Å². The van der Waals surface area contributed by atoms with Crippen LogP contribution in [0.4, 0.5) is 0 Å². The van der Waals surface area contributed by atoms with Crippen LogP contribution in [-0.2, 0) is 0 Å². The highest BCUT2D eigenvalue weighted by Gasteiger charge is 2.18. The molecule has 0 fully saturated rings. The zero-order chi connectivity index (χ0) is 21.6. The minimum Gasteiger partial charge on any atom is -0.493 e. The molecule has 7 nitrogen and oxygen atoms in total. The molecule has 0 amide bonds. The van der Waals surface area contributed by atoms with Gasteiger partial charge in [-0.3, -0.25) is 14.3 Å². The minimum atomic E-state index is -0.0426. The standard InChI is InChI=1S/C23H20N4O3S/c1-29-20-9-8-17(14-21(20)30-2)19(28)15-31-23-26-25-22(16-10-12-24-13-11-16)27(23)18-6-4-3-5-7-18/h3-14H,15H2,1-2H3. The van der Waals surface area contributed by atoms with Crippen molar-refractivity contribution in [2.75, 3.05) is 20.0 Å². The number of aromatic nitrogens is 4. The van der Waals surface area contributed by atoms with Gasteiger partial charge in [0.2, 0.25) is 0 Å². The first-order valence-electron chi connectivity index (χ1n) is 9.50. The van der Waals surface area contributed by atoms with Gasteiger partial charge in [-0.1, -0.05) is 30.0 Å². The first kappa shape index (κ1) is 20.6. The Balaban J connectivity index is 1.62. The number of para-hydroxylation sites is 1. The van der Waals surface area contributed by atoms with E-state index in [0.29, 0.717) is 28.0 Å². The zero-order valence-corrected chi connectivity index (χ0v) is 17.9. The van der Waals surface area contributed by atoms with Crippen LogP contribution in [0, 0.1) is 0 Å². The Morgan fingerprint density at radius 2 is 1.68 bits per heavy atom. The van der Waals surface area contributed by atoms with Crippen LogP contribution >= 0.6 is 11.8 Å². The lowest BCUT2D eigenvalue weighted by atomic mass is 10.1. The number of Topliss-reactive ketones (excluding diaryl/α,β-unsaturated/α-hetero) is 1. The Bertz CT molecular complexity index is 1180. The molecule has 0 aliphatic rings. The van der Waals surface area contributed by atoms with E-state index in [0.717, 1.165) is 11.3 Å². The predicted octanol–water partition coefficient (Wildman–Crippen LogP) is 4.32. The summed E-state index contributed by atoms with van der Waals surface area (Å²) in [5.74, 6) is 1.95. The highest BCUT2D eigenvalue weighted by molar-refractivity contribution is 7.99. The Morgan fingerprint density at radius 1 is 0.935 bits per heavy atom. The van der Waals surface area contributed by atoms with Crippen molar-refractivity contribution in [1.82, 2.24) is 19.7 Å². The van der Waals surface area contributed by atoms with E-state index in [4.69, 9.17) is 9.47 Å². The summed E-state index contributed by atoms with van der Waals surface area (Å²) in [5, 5.41) is 9.37. The first-order valence-corrected chi connectivity index (χ1v) is 10.5. The normalized spacial score (nSPS) is 10.6. The van der Waals surface area contributed by atoms with Gasteiger partial charge in [-0.05, 0) is 42.5 Å². The summed E-state index contributed by atoms with van der Waals surface area (Å²) in [4.78, 5) is 16.9. The summed E-state index contributed by atoms with van der Waals surface area (Å²) in [6.45, 7) is 0. The maximum absolute atomic E-state index is 12.8. The highest BCUT2D eigenvalue weighted by atomic mass is 32.2. The Hall–Kier alpha value is -3.65. The van der Waals surface area contributed by atoms with Crippen molar-refractivity contribution in [2.45, 2.75) is 5.16 Å². The molecule has 31 heavy (non-hydrogen) atoms. The van der Waals surface area contributed by atoms with Crippen LogP contribution < -0.4 is 9.47 Å². The molecule has 2 aromatic carbocycles. The molecule has 0 saturated heterocycles. The third-order valence-electron chi connectivity index (χ3n) is 4.62. The van der Waals surface area contributed by atoms with Crippen molar-refractivity contribution in [3.05, 3.63) is 78.6 Å². The van der Waals surface area contributed by atoms with Crippen LogP contribution in [0.3, 0.4) is 0 Å². The van der Waals surface area contributed by atoms with Crippen LogP contribution in [0.1, 0.15) is 10.4 Å². The van der Waals surface area contributed by atoms with E-state index in [2.05, 4.69) is 15.2 Å². The summed E-state index contributed by atoms with van der Waals surface area (Å²) in [7, 11) is 3.11. The molecule has 0 spiro atoms. The van der Waals surface area contributed by atoms with Crippen molar-refractivity contribution in [3.8, 4) is 28.6 Å². The van der Waals surface area contributed by atoms with E-state index in [1.165, 1.54) is 11.8 Å². The van der Waals surface area contributed by atoms with Crippen molar-refractivity contribution < 1.29 is 14.3 Å². The number of hydrogen-bond donors (Lipinski definition) is 0. The van der Waals surface area contributed by atoms with Gasteiger partial charge in [-0.2, -0.15) is 0 Å². The zero-order valence-electron chi connectivity index (χ0n) is 17.1. The van der Waals surface area contributed by atoms with Gasteiger partial charge in [0.25, 0.3) is 0 Å². The molecule has 0 N–H and O–H groups in total. The quantitative estimate of drug-likeness (QED) is 0.303. The van der Waals surface area contributed by atoms with Crippen LogP contribution in [0.5, 0.6) is 11.5 Å². The summed E-state index contributed by atoms with van der Waals surface area (Å²) in [6.07, 6.45) is 3.43. The number of hydrogen-bond acceptors (Lipinski definition) is 7. The molecule has 0 unspecified atom stereocenters. The number of carbonyl (C=O) groups is 1. The maximum Gasteiger partial charge on any atom is 0.196 e. The van der Waals surface area contributed by atoms with Gasteiger partial charge in [0, 0.05) is 29.2 Å². The monoisotopic (exact) mass is 432 g/mol. The molecule has 0 aliphatic heterocycles. The second kappa shape index (κ2) is 9.44. The van der Waals surface area contributed by atoms with Gasteiger partial charge in [-0.25, -0.2) is 0 Å². The fourth-order valence-corrected chi connectivity index (χ4v) is 3.93. The largest absolute Gasteiger partial charge is 0.493 e. The van der Waals surface area contributed by atoms with E-state index in [1.807, 2.05) is 47.0 Å². The van der Waals surface area contributed by atoms with E-state index in [9.17, 15) is 4.79 Å². The van der Waals surface area contributed by atoms with E-state index >= 15 is 0 Å². The number of methoxy groups -OCH3 is 2. The van der Waals surface area contributed by atoms with E-state index < -0.39 is 0 Å². The molecular formula is C23H20N4O3S. The molecule has 4 rings (SSSR count). The van der Waals surface area contributed by atoms with Crippen LogP contribution in [0.15, 0.2) is 78.2 Å². The average Bonchev–Trinajstić information content (AvgIpc) is 3.27. The molecule has 2 heterocycles. The van der Waals surface area contributed by atoms with Crippen LogP contribution in [0.25, 0.3) is 17.1 Å². The second-order valence-electron chi connectivity index (χ2n) is 6.49. The summed E-state index contributed by atoms with van der Waals surface area (Å²) in [6, 6.07) is 18.7. The smallest absolute Gasteiger partial charge is 0.196 e. The summed E-state index contributed by atoms with van der Waals surface area (Å²) < 4.78 is 12.5. The molecule has 0 bridgehead atoms. The van der Waals surface area contributed by atoms with Gasteiger partial charge < -0.3 is 9.47 Å². The third kappa shape index (κ3) is 4.44. The number of nitrogens with zero attached hydrogens (tertiary/aromatic N) is 4. The number of ether oxygens (including phenoxy) is 2. The lowest BCUT2D eigenvalue weighted by Crippen LogP contribution is -2.05. The maximum atomic E-state index is 12.8. The molecule has 0 aliphatic carbocycles. The third-order valence-corrected chi connectivity index (χ3v) is 5.55. The summed E-state index contributed by atoms with van der Waals surface area (Å²) >= 11 is 1.34. The fraction of sp³-hybridized carbons (Fsp3) is 0.130. The van der Waals surface area contributed by atoms with Gasteiger partial charge in [0.15, 0.2) is 28.3 Å². The molecule has 0 saturated carbocycles. The lowest BCUT2D eigenvalue weighted by Gasteiger charge is -2.11. The molecular weight excluding hydrogens is 412 g/mol. The van der Waals surface area contributed by atoms with Crippen molar-refractivity contribution in [1.29, 1.82) is 0 Å². The molecule has 156 valence electrons. The van der Waals surface area contributed by atoms with Crippen LogP contribution in [-0.4, -0.2) is 45.5 Å². The fourth-order valence-electron chi connectivity index (χ4n) is 3.08.